The second-order valence-electron chi connectivity index (χ2n) is 5.21. The van der Waals surface area contributed by atoms with Crippen molar-refractivity contribution in [3.8, 4) is 0 Å². The van der Waals surface area contributed by atoms with E-state index >= 15 is 0 Å². The number of H-pyrrole nitrogens is 1. The van der Waals surface area contributed by atoms with E-state index in [0.717, 1.165) is 10.9 Å². The van der Waals surface area contributed by atoms with Crippen molar-refractivity contribution in [3.63, 3.8) is 0 Å². The molecule has 26 heavy (non-hydrogen) atoms. The molecule has 5 N–H and O–H groups in total. The minimum absolute atomic E-state index is 0.0936. The van der Waals surface area contributed by atoms with Crippen molar-refractivity contribution in [1.82, 2.24) is 19.5 Å². The Morgan fingerprint density at radius 2 is 2.19 bits per heavy atom. The highest BCUT2D eigenvalue weighted by molar-refractivity contribution is 7.46. The summed E-state index contributed by atoms with van der Waals surface area (Å²) in [6.07, 6.45) is -4.89. The Morgan fingerprint density at radius 1 is 1.46 bits per heavy atom. The van der Waals surface area contributed by atoms with E-state index in [9.17, 15) is 19.6 Å². The molecule has 2 aromatic heterocycles. The highest BCUT2D eigenvalue weighted by atomic mass is 31.2. The van der Waals surface area contributed by atoms with Gasteiger partial charge >= 0.3 is 7.82 Å². The van der Waals surface area contributed by atoms with E-state index in [4.69, 9.17) is 20.1 Å². The zero-order chi connectivity index (χ0) is 19.1. The normalized spacial score (nSPS) is 26.2. The molecule has 140 valence electrons. The average molecular weight is 389 g/mol. The number of imidazole rings is 1. The van der Waals surface area contributed by atoms with Gasteiger partial charge in [-0.05, 0) is 10.6 Å². The lowest BCUT2D eigenvalue weighted by Gasteiger charge is -2.17. The van der Waals surface area contributed by atoms with Gasteiger partial charge in [0.2, 0.25) is 5.95 Å². The second-order valence-corrected chi connectivity index (χ2v) is 6.45. The molecule has 0 radical (unpaired) electrons. The summed E-state index contributed by atoms with van der Waals surface area (Å²) in [6, 6.07) is 0. The summed E-state index contributed by atoms with van der Waals surface area (Å²) in [5.41, 5.74) is 7.73. The molecule has 3 heterocycles. The highest BCUT2D eigenvalue weighted by Crippen LogP contribution is 2.39. The molecule has 16 heteroatoms. The molecule has 15 nitrogen and oxygen atoms in total. The number of hydrogen-bond donors (Lipinski definition) is 5. The lowest BCUT2D eigenvalue weighted by molar-refractivity contribution is -0.0495. The van der Waals surface area contributed by atoms with Crippen molar-refractivity contribution in [2.75, 3.05) is 6.61 Å². The first-order valence-electron chi connectivity index (χ1n) is 6.95. The van der Waals surface area contributed by atoms with Crippen LogP contribution in [0.4, 0.5) is 5.95 Å². The third-order valence-electron chi connectivity index (χ3n) is 3.60. The van der Waals surface area contributed by atoms with Gasteiger partial charge in [0.15, 0.2) is 17.4 Å². The van der Waals surface area contributed by atoms with Crippen LogP contribution < -0.4 is 5.56 Å². The van der Waals surface area contributed by atoms with Gasteiger partial charge < -0.3 is 29.7 Å². The molecule has 1 aliphatic rings. The van der Waals surface area contributed by atoms with Crippen LogP contribution in [0.25, 0.3) is 21.6 Å². The number of fused-ring (bicyclic) bond motifs is 1. The second kappa shape index (κ2) is 6.75. The molecule has 0 unspecified atom stereocenters. The summed E-state index contributed by atoms with van der Waals surface area (Å²) in [5.74, 6) is -0.362. The first-order valence-corrected chi connectivity index (χ1v) is 8.48. The predicted octanol–water partition coefficient (Wildman–Crippen LogP) is -1.21. The van der Waals surface area contributed by atoms with Crippen LogP contribution in [-0.4, -0.2) is 64.4 Å². The lowest BCUT2D eigenvalue weighted by atomic mass is 10.1. The molecule has 3 rings (SSSR count). The summed E-state index contributed by atoms with van der Waals surface area (Å²) in [6.45, 7) is -0.726. The lowest BCUT2D eigenvalue weighted by Crippen LogP contribution is -2.33. The van der Waals surface area contributed by atoms with Crippen LogP contribution in [0.2, 0.25) is 0 Å². The van der Waals surface area contributed by atoms with E-state index < -0.39 is 44.5 Å². The van der Waals surface area contributed by atoms with Gasteiger partial charge in [-0.3, -0.25) is 13.9 Å². The Bertz CT molecular complexity index is 977. The SMILES string of the molecule is [N-]=[N+]=Nc1nc2c(=O)[nH]cnc2n1[C@@H]1O[C@H](COP(=O)(O)O)[C@@H](O)[C@H]1O. The van der Waals surface area contributed by atoms with Crippen LogP contribution >= 0.6 is 7.82 Å². The molecule has 0 aromatic carbocycles. The Hall–Kier alpha value is -2.35. The number of aliphatic hydroxyl groups excluding tert-OH is 2. The number of aromatic nitrogens is 4. The fourth-order valence-corrected chi connectivity index (χ4v) is 2.85. The van der Waals surface area contributed by atoms with Crippen LogP contribution in [0, 0.1) is 0 Å². The molecule has 1 fully saturated rings. The van der Waals surface area contributed by atoms with Gasteiger partial charge in [0.25, 0.3) is 5.56 Å². The van der Waals surface area contributed by atoms with Crippen LogP contribution in [0.1, 0.15) is 6.23 Å². The summed E-state index contributed by atoms with van der Waals surface area (Å²) >= 11 is 0. The van der Waals surface area contributed by atoms with Gasteiger partial charge in [-0.25, -0.2) is 14.5 Å². The first kappa shape index (κ1) is 18.4. The zero-order valence-corrected chi connectivity index (χ0v) is 13.5. The molecular formula is C10H12N7O8P. The van der Waals surface area contributed by atoms with Gasteiger partial charge in [0, 0.05) is 4.91 Å². The smallest absolute Gasteiger partial charge is 0.387 e. The van der Waals surface area contributed by atoms with Gasteiger partial charge in [-0.15, -0.1) is 0 Å². The van der Waals surface area contributed by atoms with E-state index in [1.165, 1.54) is 0 Å². The van der Waals surface area contributed by atoms with E-state index in [1.54, 1.807) is 0 Å². The number of hydrogen-bond acceptors (Lipinski definition) is 9. The number of aromatic amines is 1. The number of rotatable bonds is 5. The number of ether oxygens (including phenoxy) is 1. The maximum Gasteiger partial charge on any atom is 0.469 e. The van der Waals surface area contributed by atoms with Gasteiger partial charge in [-0.1, -0.05) is 0 Å². The monoisotopic (exact) mass is 389 g/mol. The Morgan fingerprint density at radius 3 is 2.85 bits per heavy atom. The number of aliphatic hydroxyl groups is 2. The molecule has 0 bridgehead atoms. The van der Waals surface area contributed by atoms with Crippen LogP contribution in [-0.2, 0) is 13.8 Å². The molecule has 0 amide bonds. The van der Waals surface area contributed by atoms with Crippen molar-refractivity contribution in [1.29, 1.82) is 0 Å². The van der Waals surface area contributed by atoms with Crippen molar-refractivity contribution in [2.24, 2.45) is 5.11 Å². The largest absolute Gasteiger partial charge is 0.469 e. The summed E-state index contributed by atoms with van der Waals surface area (Å²) < 4.78 is 21.4. The summed E-state index contributed by atoms with van der Waals surface area (Å²) in [7, 11) is -4.83. The zero-order valence-electron chi connectivity index (χ0n) is 12.6. The Balaban J connectivity index is 2.02. The van der Waals surface area contributed by atoms with Crippen LogP contribution in [0.5, 0.6) is 0 Å². The predicted molar refractivity (Wildman–Crippen MR) is 80.9 cm³/mol. The third kappa shape index (κ3) is 3.33. The third-order valence-corrected chi connectivity index (χ3v) is 4.08. The van der Waals surface area contributed by atoms with Crippen LogP contribution in [0.3, 0.4) is 0 Å². The quantitative estimate of drug-likeness (QED) is 0.177. The molecule has 4 atom stereocenters. The molecule has 0 aliphatic carbocycles. The molecule has 1 aliphatic heterocycles. The van der Waals surface area contributed by atoms with Crippen molar-refractivity contribution >= 4 is 24.9 Å². The minimum Gasteiger partial charge on any atom is -0.387 e. The molecule has 0 spiro atoms. The highest BCUT2D eigenvalue weighted by Gasteiger charge is 2.46. The maximum atomic E-state index is 11.8. The number of phosphoric ester groups is 1. The minimum atomic E-state index is -4.83. The van der Waals surface area contributed by atoms with Gasteiger partial charge in [-0.2, -0.15) is 0 Å². The average Bonchev–Trinajstić information content (AvgIpc) is 3.05. The van der Waals surface area contributed by atoms with Gasteiger partial charge in [0.1, 0.15) is 18.3 Å². The van der Waals surface area contributed by atoms with Crippen molar-refractivity contribution in [3.05, 3.63) is 27.1 Å². The molecule has 1 saturated heterocycles. The molecule has 2 aromatic rings. The number of azide groups is 1. The summed E-state index contributed by atoms with van der Waals surface area (Å²) in [4.78, 5) is 41.9. The van der Waals surface area contributed by atoms with E-state index in [2.05, 4.69) is 29.5 Å². The Labute approximate surface area is 142 Å². The molecule has 0 saturated carbocycles. The number of phosphoric acid groups is 1. The van der Waals surface area contributed by atoms with Crippen molar-refractivity contribution < 1.29 is 33.8 Å². The van der Waals surface area contributed by atoms with Crippen LogP contribution in [0.15, 0.2) is 16.2 Å². The topological polar surface area (TPSA) is 229 Å². The van der Waals surface area contributed by atoms with E-state index in [1.807, 2.05) is 0 Å². The first-order chi connectivity index (χ1) is 12.2. The standard InChI is InChI=1S/C10H12N7O8P/c11-16-15-10-14-4-7(12-2-13-8(4)20)17(10)9-6(19)5(18)3(25-9)1-24-26(21,22)23/h2-3,5-6,9,18-19H,1H2,(H,12,13,20)(H2,21,22,23)/t3-,5-,6-,9-/m1/s1. The van der Waals surface area contributed by atoms with E-state index in [-0.39, 0.29) is 17.1 Å². The summed E-state index contributed by atoms with van der Waals surface area (Å²) in [5, 5.41) is 23.6. The maximum absolute atomic E-state index is 11.8. The van der Waals surface area contributed by atoms with E-state index in [0.29, 0.717) is 0 Å². The number of nitrogens with one attached hydrogen (secondary N) is 1. The van der Waals surface area contributed by atoms with Gasteiger partial charge in [0.05, 0.1) is 12.9 Å². The fraction of sp³-hybridized carbons (Fsp3) is 0.500. The Kier molecular flexibility index (Phi) is 4.79. The van der Waals surface area contributed by atoms with Crippen molar-refractivity contribution in [2.45, 2.75) is 24.5 Å². The number of nitrogens with zero attached hydrogens (tertiary/aromatic N) is 6. The fourth-order valence-electron chi connectivity index (χ4n) is 2.50. The molecular weight excluding hydrogens is 377 g/mol.